The first-order chi connectivity index (χ1) is 6.70. The average molecular weight is 258 g/mol. The van der Waals surface area contributed by atoms with E-state index in [1.807, 2.05) is 0 Å². The summed E-state index contributed by atoms with van der Waals surface area (Å²) in [5, 5.41) is 0.941. The zero-order valence-electron chi connectivity index (χ0n) is 7.72. The number of H-pyrrole nitrogens is 1. The second-order valence-corrected chi connectivity index (χ2v) is 4.29. The Kier molecular flexibility index (Phi) is 2.58. The van der Waals surface area contributed by atoms with Crippen molar-refractivity contribution in [3.05, 3.63) is 21.6 Å². The molecule has 0 aliphatic heterocycles. The van der Waals surface area contributed by atoms with Crippen LogP contribution in [0.5, 0.6) is 0 Å². The van der Waals surface area contributed by atoms with Crippen LogP contribution < -0.4 is 11.3 Å². The molecular formula is C9H12BrN3O. The topological polar surface area (TPSA) is 71.8 Å². The number of aromatic nitrogens is 2. The highest BCUT2D eigenvalue weighted by Gasteiger charge is 2.21. The Morgan fingerprint density at radius 2 is 2.43 bits per heavy atom. The zero-order valence-corrected chi connectivity index (χ0v) is 9.30. The fourth-order valence-electron chi connectivity index (χ4n) is 1.84. The minimum absolute atomic E-state index is 0.0712. The number of nitrogen functional groups attached to an aromatic ring is 1. The van der Waals surface area contributed by atoms with Gasteiger partial charge in [0.15, 0.2) is 0 Å². The third kappa shape index (κ3) is 1.68. The highest BCUT2D eigenvalue weighted by molar-refractivity contribution is 9.09. The summed E-state index contributed by atoms with van der Waals surface area (Å²) in [5.41, 5.74) is 7.10. The molecule has 1 unspecified atom stereocenters. The van der Waals surface area contributed by atoms with E-state index in [0.29, 0.717) is 5.92 Å². The van der Waals surface area contributed by atoms with Gasteiger partial charge in [0.2, 0.25) is 5.95 Å². The molecule has 1 aromatic rings. The third-order valence-corrected chi connectivity index (χ3v) is 3.54. The Morgan fingerprint density at radius 1 is 1.64 bits per heavy atom. The van der Waals surface area contributed by atoms with E-state index in [0.717, 1.165) is 35.8 Å². The predicted molar refractivity (Wildman–Crippen MR) is 58.6 cm³/mol. The maximum absolute atomic E-state index is 11.6. The average Bonchev–Trinajstić information content (AvgIpc) is 2.17. The molecule has 76 valence electrons. The number of aromatic amines is 1. The van der Waals surface area contributed by atoms with Crippen molar-refractivity contribution < 1.29 is 0 Å². The van der Waals surface area contributed by atoms with Gasteiger partial charge in [0, 0.05) is 10.9 Å². The minimum atomic E-state index is -0.0712. The lowest BCUT2D eigenvalue weighted by Gasteiger charge is -2.21. The number of nitrogens with one attached hydrogen (secondary N) is 1. The summed E-state index contributed by atoms with van der Waals surface area (Å²) in [6, 6.07) is 0. The van der Waals surface area contributed by atoms with Crippen molar-refractivity contribution >= 4 is 21.9 Å². The lowest BCUT2D eigenvalue weighted by molar-refractivity contribution is 0.500. The fraction of sp³-hybridized carbons (Fsp3) is 0.556. The van der Waals surface area contributed by atoms with Crippen LogP contribution in [0.2, 0.25) is 0 Å². The summed E-state index contributed by atoms with van der Waals surface area (Å²) in [6.07, 6.45) is 2.75. The molecule has 1 atom stereocenters. The number of hydrogen-bond acceptors (Lipinski definition) is 3. The van der Waals surface area contributed by atoms with Crippen LogP contribution in [0.4, 0.5) is 5.95 Å². The minimum Gasteiger partial charge on any atom is -0.369 e. The number of nitrogens with zero attached hydrogens (tertiary/aromatic N) is 1. The molecule has 0 radical (unpaired) electrons. The SMILES string of the molecule is Nc1nc2c(c(=O)[nH]1)CC(CBr)CC2. The van der Waals surface area contributed by atoms with Gasteiger partial charge in [-0.25, -0.2) is 4.98 Å². The first kappa shape index (κ1) is 9.71. The number of alkyl halides is 1. The first-order valence-corrected chi connectivity index (χ1v) is 5.76. The van der Waals surface area contributed by atoms with Crippen molar-refractivity contribution in [1.29, 1.82) is 0 Å². The van der Waals surface area contributed by atoms with Gasteiger partial charge in [0.25, 0.3) is 5.56 Å². The van der Waals surface area contributed by atoms with E-state index in [1.54, 1.807) is 0 Å². The van der Waals surface area contributed by atoms with Crippen LogP contribution in [0.25, 0.3) is 0 Å². The number of anilines is 1. The van der Waals surface area contributed by atoms with E-state index in [4.69, 9.17) is 5.73 Å². The fourth-order valence-corrected chi connectivity index (χ4v) is 2.40. The van der Waals surface area contributed by atoms with Crippen molar-refractivity contribution in [1.82, 2.24) is 9.97 Å². The van der Waals surface area contributed by atoms with Gasteiger partial charge in [-0.1, -0.05) is 15.9 Å². The van der Waals surface area contributed by atoms with Crippen LogP contribution in [0.3, 0.4) is 0 Å². The van der Waals surface area contributed by atoms with E-state index < -0.39 is 0 Å². The van der Waals surface area contributed by atoms with E-state index in [2.05, 4.69) is 25.9 Å². The van der Waals surface area contributed by atoms with Gasteiger partial charge in [-0.15, -0.1) is 0 Å². The molecule has 14 heavy (non-hydrogen) atoms. The highest BCUT2D eigenvalue weighted by Crippen LogP contribution is 2.23. The number of fused-ring (bicyclic) bond motifs is 1. The van der Waals surface area contributed by atoms with Crippen molar-refractivity contribution in [2.75, 3.05) is 11.1 Å². The summed E-state index contributed by atoms with van der Waals surface area (Å²) in [4.78, 5) is 18.2. The number of rotatable bonds is 1. The van der Waals surface area contributed by atoms with Gasteiger partial charge < -0.3 is 5.73 Å². The van der Waals surface area contributed by atoms with Crippen molar-refractivity contribution in [3.63, 3.8) is 0 Å². The van der Waals surface area contributed by atoms with Crippen LogP contribution >= 0.6 is 15.9 Å². The summed E-state index contributed by atoms with van der Waals surface area (Å²) >= 11 is 3.44. The van der Waals surface area contributed by atoms with E-state index in [1.165, 1.54) is 0 Å². The summed E-state index contributed by atoms with van der Waals surface area (Å²) < 4.78 is 0. The maximum atomic E-state index is 11.6. The maximum Gasteiger partial charge on any atom is 0.255 e. The van der Waals surface area contributed by atoms with E-state index in [-0.39, 0.29) is 11.5 Å². The largest absolute Gasteiger partial charge is 0.369 e. The zero-order chi connectivity index (χ0) is 10.1. The molecule has 4 nitrogen and oxygen atoms in total. The van der Waals surface area contributed by atoms with Crippen LogP contribution in [0, 0.1) is 5.92 Å². The third-order valence-electron chi connectivity index (χ3n) is 2.62. The Hall–Kier alpha value is -0.840. The van der Waals surface area contributed by atoms with E-state index in [9.17, 15) is 4.79 Å². The quantitative estimate of drug-likeness (QED) is 0.733. The van der Waals surface area contributed by atoms with Gasteiger partial charge in [0.1, 0.15) is 0 Å². The smallest absolute Gasteiger partial charge is 0.255 e. The van der Waals surface area contributed by atoms with Gasteiger partial charge in [-0.2, -0.15) is 0 Å². The van der Waals surface area contributed by atoms with Crippen LogP contribution in [-0.4, -0.2) is 15.3 Å². The molecule has 2 rings (SSSR count). The predicted octanol–water partition coefficient (Wildman–Crippen LogP) is 0.852. The number of nitrogens with two attached hydrogens (primary N) is 1. The van der Waals surface area contributed by atoms with Gasteiger partial charge in [0.05, 0.1) is 5.69 Å². The van der Waals surface area contributed by atoms with Crippen molar-refractivity contribution in [3.8, 4) is 0 Å². The van der Waals surface area contributed by atoms with Crippen LogP contribution in [-0.2, 0) is 12.8 Å². The van der Waals surface area contributed by atoms with Gasteiger partial charge in [-0.05, 0) is 25.2 Å². The Balaban J connectivity index is 2.42. The Bertz CT molecular complexity index is 402. The number of hydrogen-bond donors (Lipinski definition) is 2. The molecule has 1 heterocycles. The molecule has 0 saturated carbocycles. The van der Waals surface area contributed by atoms with Crippen molar-refractivity contribution in [2.24, 2.45) is 5.92 Å². The summed E-state index contributed by atoms with van der Waals surface area (Å²) in [7, 11) is 0. The Morgan fingerprint density at radius 3 is 3.14 bits per heavy atom. The molecule has 0 spiro atoms. The second-order valence-electron chi connectivity index (χ2n) is 3.64. The van der Waals surface area contributed by atoms with Gasteiger partial charge >= 0.3 is 0 Å². The lowest BCUT2D eigenvalue weighted by atomic mass is 9.88. The molecule has 0 amide bonds. The summed E-state index contributed by atoms with van der Waals surface area (Å²) in [6.45, 7) is 0. The van der Waals surface area contributed by atoms with E-state index >= 15 is 0 Å². The van der Waals surface area contributed by atoms with Crippen molar-refractivity contribution in [2.45, 2.75) is 19.3 Å². The molecule has 1 aliphatic carbocycles. The molecule has 0 aromatic carbocycles. The monoisotopic (exact) mass is 257 g/mol. The second kappa shape index (κ2) is 3.73. The molecule has 0 bridgehead atoms. The van der Waals surface area contributed by atoms with Crippen LogP contribution in [0.15, 0.2) is 4.79 Å². The first-order valence-electron chi connectivity index (χ1n) is 4.64. The van der Waals surface area contributed by atoms with Crippen LogP contribution in [0.1, 0.15) is 17.7 Å². The normalized spacial score (nSPS) is 20.5. The molecule has 5 heteroatoms. The molecule has 3 N–H and O–H groups in total. The lowest BCUT2D eigenvalue weighted by Crippen LogP contribution is -2.26. The van der Waals surface area contributed by atoms with Gasteiger partial charge in [-0.3, -0.25) is 9.78 Å². The summed E-state index contributed by atoms with van der Waals surface area (Å²) in [5.74, 6) is 0.778. The molecular weight excluding hydrogens is 246 g/mol. The standard InChI is InChI=1S/C9H12BrN3O/c10-4-5-1-2-7-6(3-5)8(14)13-9(11)12-7/h5H,1-4H2,(H3,11,12,13,14). The molecule has 0 fully saturated rings. The highest BCUT2D eigenvalue weighted by atomic mass is 79.9. The number of halogens is 1. The molecule has 1 aromatic heterocycles. The number of aryl methyl sites for hydroxylation is 1. The molecule has 1 aliphatic rings. The molecule has 0 saturated heterocycles. The Labute approximate surface area is 90.1 Å².